The molecule has 0 bridgehead atoms. The molecule has 0 spiro atoms. The topological polar surface area (TPSA) is 96.9 Å². The number of aryl methyl sites for hydroxylation is 1. The average molecular weight is 333 g/mol. The SMILES string of the molecule is Cc1nc(-c2ccccc2)ccc1C(=O)NNC(=O)c1cnccn1. The molecule has 2 heterocycles. The molecule has 3 aromatic rings. The van der Waals surface area contributed by atoms with Crippen molar-refractivity contribution in [2.75, 3.05) is 0 Å². The molecule has 0 unspecified atom stereocenters. The van der Waals surface area contributed by atoms with Crippen LogP contribution in [-0.2, 0) is 0 Å². The molecule has 0 radical (unpaired) electrons. The number of carbonyl (C=O) groups excluding carboxylic acids is 2. The second kappa shape index (κ2) is 7.31. The molecule has 0 aliphatic carbocycles. The Balaban J connectivity index is 1.69. The summed E-state index contributed by atoms with van der Waals surface area (Å²) in [6.45, 7) is 1.74. The largest absolute Gasteiger partial charge is 0.289 e. The van der Waals surface area contributed by atoms with Gasteiger partial charge in [-0.2, -0.15) is 0 Å². The molecule has 0 fully saturated rings. The molecule has 0 saturated carbocycles. The van der Waals surface area contributed by atoms with Crippen LogP contribution in [0.1, 0.15) is 26.5 Å². The third kappa shape index (κ3) is 3.84. The van der Waals surface area contributed by atoms with Crippen LogP contribution in [0.4, 0.5) is 0 Å². The first-order valence-corrected chi connectivity index (χ1v) is 7.55. The van der Waals surface area contributed by atoms with Crippen molar-refractivity contribution in [1.29, 1.82) is 0 Å². The summed E-state index contributed by atoms with van der Waals surface area (Å²) in [6, 6.07) is 13.1. The van der Waals surface area contributed by atoms with Gasteiger partial charge in [-0.3, -0.25) is 30.4 Å². The summed E-state index contributed by atoms with van der Waals surface area (Å²) < 4.78 is 0. The number of hydrogen-bond acceptors (Lipinski definition) is 5. The first kappa shape index (κ1) is 16.3. The lowest BCUT2D eigenvalue weighted by Crippen LogP contribution is -2.42. The summed E-state index contributed by atoms with van der Waals surface area (Å²) in [5.41, 5.74) is 7.44. The van der Waals surface area contributed by atoms with Crippen molar-refractivity contribution in [3.05, 3.63) is 78.0 Å². The summed E-state index contributed by atoms with van der Waals surface area (Å²) in [6.07, 6.45) is 4.16. The maximum atomic E-state index is 12.2. The molecule has 0 aliphatic heterocycles. The summed E-state index contributed by atoms with van der Waals surface area (Å²) in [4.78, 5) is 36.2. The van der Waals surface area contributed by atoms with Crippen molar-refractivity contribution < 1.29 is 9.59 Å². The highest BCUT2D eigenvalue weighted by Gasteiger charge is 2.13. The highest BCUT2D eigenvalue weighted by Crippen LogP contribution is 2.18. The minimum absolute atomic E-state index is 0.108. The summed E-state index contributed by atoms with van der Waals surface area (Å²) in [5.74, 6) is -1.00. The Morgan fingerprint density at radius 3 is 2.36 bits per heavy atom. The number of benzene rings is 1. The molecule has 7 nitrogen and oxygen atoms in total. The number of hydrazine groups is 1. The van der Waals surface area contributed by atoms with Gasteiger partial charge in [0.15, 0.2) is 0 Å². The molecule has 1 aromatic carbocycles. The minimum Gasteiger partial charge on any atom is -0.267 e. The number of carbonyl (C=O) groups is 2. The Morgan fingerprint density at radius 1 is 0.920 bits per heavy atom. The molecule has 0 saturated heterocycles. The van der Waals surface area contributed by atoms with Crippen molar-refractivity contribution in [3.63, 3.8) is 0 Å². The zero-order valence-corrected chi connectivity index (χ0v) is 13.4. The van der Waals surface area contributed by atoms with E-state index in [1.807, 2.05) is 30.3 Å². The van der Waals surface area contributed by atoms with Crippen LogP contribution in [0.2, 0.25) is 0 Å². The molecule has 3 rings (SSSR count). The van der Waals surface area contributed by atoms with Crippen LogP contribution in [0.3, 0.4) is 0 Å². The Morgan fingerprint density at radius 2 is 1.68 bits per heavy atom. The molecule has 0 aliphatic rings. The average Bonchev–Trinajstić information content (AvgIpc) is 2.67. The summed E-state index contributed by atoms with van der Waals surface area (Å²) in [7, 11) is 0. The van der Waals surface area contributed by atoms with E-state index >= 15 is 0 Å². The van der Waals surface area contributed by atoms with E-state index in [9.17, 15) is 9.59 Å². The highest BCUT2D eigenvalue weighted by molar-refractivity contribution is 5.98. The van der Waals surface area contributed by atoms with Gasteiger partial charge >= 0.3 is 0 Å². The van der Waals surface area contributed by atoms with E-state index in [0.29, 0.717) is 11.3 Å². The Bertz CT molecular complexity index is 898. The quantitative estimate of drug-likeness (QED) is 0.714. The van der Waals surface area contributed by atoms with Crippen molar-refractivity contribution in [2.24, 2.45) is 0 Å². The van der Waals surface area contributed by atoms with Crippen LogP contribution in [0.15, 0.2) is 61.1 Å². The predicted octanol–water partition coefficient (Wildman–Crippen LogP) is 1.92. The smallest absolute Gasteiger partial charge is 0.267 e. The Hall–Kier alpha value is -3.61. The van der Waals surface area contributed by atoms with Crippen LogP contribution in [-0.4, -0.2) is 26.8 Å². The molecular weight excluding hydrogens is 318 g/mol. The third-order valence-corrected chi connectivity index (χ3v) is 3.49. The van der Waals surface area contributed by atoms with Crippen LogP contribution in [0.25, 0.3) is 11.3 Å². The zero-order chi connectivity index (χ0) is 17.6. The fourth-order valence-corrected chi connectivity index (χ4v) is 2.23. The first-order valence-electron chi connectivity index (χ1n) is 7.55. The maximum absolute atomic E-state index is 12.2. The van der Waals surface area contributed by atoms with E-state index in [1.165, 1.54) is 18.6 Å². The van der Waals surface area contributed by atoms with Gasteiger partial charge in [0.2, 0.25) is 0 Å². The van der Waals surface area contributed by atoms with Crippen molar-refractivity contribution in [3.8, 4) is 11.3 Å². The van der Waals surface area contributed by atoms with Gasteiger partial charge < -0.3 is 0 Å². The number of pyridine rings is 1. The third-order valence-electron chi connectivity index (χ3n) is 3.49. The molecule has 124 valence electrons. The summed E-state index contributed by atoms with van der Waals surface area (Å²) in [5, 5.41) is 0. The number of nitrogens with zero attached hydrogens (tertiary/aromatic N) is 3. The van der Waals surface area contributed by atoms with E-state index in [0.717, 1.165) is 11.3 Å². The molecule has 25 heavy (non-hydrogen) atoms. The van der Waals surface area contributed by atoms with Gasteiger partial charge in [-0.25, -0.2) is 4.98 Å². The number of rotatable bonds is 3. The maximum Gasteiger partial charge on any atom is 0.289 e. The van der Waals surface area contributed by atoms with Gasteiger partial charge in [0, 0.05) is 18.0 Å². The minimum atomic E-state index is -0.548. The first-order chi connectivity index (χ1) is 12.1. The van der Waals surface area contributed by atoms with Crippen molar-refractivity contribution in [1.82, 2.24) is 25.8 Å². The lowest BCUT2D eigenvalue weighted by molar-refractivity contribution is 0.0843. The highest BCUT2D eigenvalue weighted by atomic mass is 16.2. The van der Waals surface area contributed by atoms with Gasteiger partial charge in [-0.15, -0.1) is 0 Å². The summed E-state index contributed by atoms with van der Waals surface area (Å²) >= 11 is 0. The molecule has 7 heteroatoms. The lowest BCUT2D eigenvalue weighted by Gasteiger charge is -2.09. The predicted molar refractivity (Wildman–Crippen MR) is 91.4 cm³/mol. The molecule has 2 N–H and O–H groups in total. The molecular formula is C18H15N5O2. The van der Waals surface area contributed by atoms with Crippen LogP contribution < -0.4 is 10.9 Å². The second-order valence-corrected chi connectivity index (χ2v) is 5.19. The van der Waals surface area contributed by atoms with Crippen LogP contribution in [0, 0.1) is 6.92 Å². The Kier molecular flexibility index (Phi) is 4.75. The fourth-order valence-electron chi connectivity index (χ4n) is 2.23. The van der Waals surface area contributed by atoms with Gasteiger partial charge in [0.05, 0.1) is 23.1 Å². The molecule has 0 atom stereocenters. The fraction of sp³-hybridized carbons (Fsp3) is 0.0556. The number of aromatic nitrogens is 3. The molecule has 2 aromatic heterocycles. The number of nitrogens with one attached hydrogen (secondary N) is 2. The number of hydrogen-bond donors (Lipinski definition) is 2. The van der Waals surface area contributed by atoms with E-state index in [1.54, 1.807) is 19.1 Å². The van der Waals surface area contributed by atoms with E-state index in [2.05, 4.69) is 25.8 Å². The van der Waals surface area contributed by atoms with Crippen LogP contribution in [0.5, 0.6) is 0 Å². The zero-order valence-electron chi connectivity index (χ0n) is 13.4. The van der Waals surface area contributed by atoms with Gasteiger partial charge in [-0.05, 0) is 19.1 Å². The van der Waals surface area contributed by atoms with Gasteiger partial charge in [0.1, 0.15) is 5.69 Å². The Labute approximate surface area is 144 Å². The molecule has 2 amide bonds. The second-order valence-electron chi connectivity index (χ2n) is 5.19. The van der Waals surface area contributed by atoms with E-state index < -0.39 is 11.8 Å². The monoisotopic (exact) mass is 333 g/mol. The van der Waals surface area contributed by atoms with E-state index in [-0.39, 0.29) is 5.69 Å². The standard InChI is InChI=1S/C18H15N5O2/c1-12-14(7-8-15(21-12)13-5-3-2-4-6-13)17(24)22-23-18(25)16-11-19-9-10-20-16/h2-11H,1H3,(H,22,24)(H,23,25). The van der Waals surface area contributed by atoms with Crippen LogP contribution >= 0.6 is 0 Å². The normalized spacial score (nSPS) is 10.1. The van der Waals surface area contributed by atoms with Crippen molar-refractivity contribution in [2.45, 2.75) is 6.92 Å². The lowest BCUT2D eigenvalue weighted by atomic mass is 10.1. The van der Waals surface area contributed by atoms with Gasteiger partial charge in [-0.1, -0.05) is 30.3 Å². The van der Waals surface area contributed by atoms with Gasteiger partial charge in [0.25, 0.3) is 11.8 Å². The van der Waals surface area contributed by atoms with E-state index in [4.69, 9.17) is 0 Å². The van der Waals surface area contributed by atoms with Crippen molar-refractivity contribution >= 4 is 11.8 Å². The number of amides is 2.